The number of nitrogens with zero attached hydrogens (tertiary/aromatic N) is 3. The van der Waals surface area contributed by atoms with Crippen LogP contribution >= 0.6 is 0 Å². The van der Waals surface area contributed by atoms with Crippen LogP contribution in [0.2, 0.25) is 0 Å². The lowest BCUT2D eigenvalue weighted by molar-refractivity contribution is -0.142. The highest BCUT2D eigenvalue weighted by Gasteiger charge is 2.36. The van der Waals surface area contributed by atoms with Gasteiger partial charge in [0.05, 0.1) is 29.2 Å². The van der Waals surface area contributed by atoms with E-state index in [9.17, 15) is 26.3 Å². The average Bonchev–Trinajstić information content (AvgIpc) is 3.14. The molecule has 5 nitrogen and oxygen atoms in total. The topological polar surface area (TPSA) is 68.2 Å². The smallest absolute Gasteiger partial charge is 0.372 e. The third kappa shape index (κ3) is 4.31. The summed E-state index contributed by atoms with van der Waals surface area (Å²) in [6.45, 7) is 0. The monoisotopic (exact) mass is 449 g/mol. The van der Waals surface area contributed by atoms with Crippen molar-refractivity contribution in [1.29, 1.82) is 0 Å². The first-order chi connectivity index (χ1) is 15.0. The van der Waals surface area contributed by atoms with Crippen LogP contribution < -0.4 is 11.1 Å². The Balaban J connectivity index is 1.82. The van der Waals surface area contributed by atoms with Gasteiger partial charge in [0, 0.05) is 17.3 Å². The van der Waals surface area contributed by atoms with Crippen molar-refractivity contribution >= 4 is 5.65 Å². The minimum absolute atomic E-state index is 0.0854. The van der Waals surface area contributed by atoms with Gasteiger partial charge in [0.2, 0.25) is 0 Å². The number of halogens is 6. The summed E-state index contributed by atoms with van der Waals surface area (Å²) in [7, 11) is 0. The standard InChI is InChI=1S/C21H13F6N5/c22-20(23,24)15-6-4-13(5-7-15)16-9-17(21(25,26)27)32-19(31-16)14(11-30-32)3-1-12-2-8-18(28)29-10-12/h2,4-11,18,29H,28H2. The second-order valence-electron chi connectivity index (χ2n) is 6.79. The van der Waals surface area contributed by atoms with Crippen molar-refractivity contribution in [2.75, 3.05) is 0 Å². The number of fused-ring (bicyclic) bond motifs is 1. The number of alkyl halides is 6. The Bertz CT molecular complexity index is 1290. The Morgan fingerprint density at radius 1 is 1.00 bits per heavy atom. The average molecular weight is 449 g/mol. The molecule has 3 heterocycles. The highest BCUT2D eigenvalue weighted by Crippen LogP contribution is 2.34. The number of nitrogens with one attached hydrogen (secondary N) is 1. The molecule has 2 aromatic heterocycles. The van der Waals surface area contributed by atoms with E-state index in [-0.39, 0.29) is 28.6 Å². The molecule has 164 valence electrons. The van der Waals surface area contributed by atoms with E-state index in [1.807, 2.05) is 0 Å². The van der Waals surface area contributed by atoms with Gasteiger partial charge in [0.25, 0.3) is 0 Å². The highest BCUT2D eigenvalue weighted by atomic mass is 19.4. The Hall–Kier alpha value is -3.78. The quantitative estimate of drug-likeness (QED) is 0.434. The van der Waals surface area contributed by atoms with Crippen molar-refractivity contribution in [3.05, 3.63) is 77.3 Å². The molecular weight excluding hydrogens is 436 g/mol. The van der Waals surface area contributed by atoms with E-state index in [1.165, 1.54) is 0 Å². The summed E-state index contributed by atoms with van der Waals surface area (Å²) in [5, 5.41) is 6.59. The number of nitrogens with two attached hydrogens (primary N) is 1. The zero-order valence-corrected chi connectivity index (χ0v) is 16.0. The fourth-order valence-corrected chi connectivity index (χ4v) is 2.95. The minimum Gasteiger partial charge on any atom is -0.372 e. The van der Waals surface area contributed by atoms with E-state index in [4.69, 9.17) is 5.73 Å². The second-order valence-corrected chi connectivity index (χ2v) is 6.79. The van der Waals surface area contributed by atoms with Crippen LogP contribution in [-0.2, 0) is 12.4 Å². The molecule has 4 rings (SSSR count). The summed E-state index contributed by atoms with van der Waals surface area (Å²) >= 11 is 0. The van der Waals surface area contributed by atoms with Gasteiger partial charge in [-0.15, -0.1) is 0 Å². The number of dihydropyridines is 1. The number of hydrogen-bond donors (Lipinski definition) is 2. The molecule has 3 N–H and O–H groups in total. The van der Waals surface area contributed by atoms with Crippen LogP contribution in [0.1, 0.15) is 16.8 Å². The van der Waals surface area contributed by atoms with Crippen LogP contribution in [0.15, 0.2) is 60.5 Å². The van der Waals surface area contributed by atoms with Crippen molar-refractivity contribution in [1.82, 2.24) is 19.9 Å². The summed E-state index contributed by atoms with van der Waals surface area (Å²) in [4.78, 5) is 4.19. The molecule has 11 heteroatoms. The first kappa shape index (κ1) is 21.5. The lowest BCUT2D eigenvalue weighted by Gasteiger charge is -2.12. The van der Waals surface area contributed by atoms with Crippen LogP contribution in [0.5, 0.6) is 0 Å². The van der Waals surface area contributed by atoms with Gasteiger partial charge in [-0.3, -0.25) is 0 Å². The zero-order valence-electron chi connectivity index (χ0n) is 16.0. The van der Waals surface area contributed by atoms with Gasteiger partial charge in [-0.1, -0.05) is 24.0 Å². The molecule has 0 radical (unpaired) electrons. The predicted octanol–water partition coefficient (Wildman–Crippen LogP) is 4.11. The molecule has 0 aliphatic carbocycles. The Labute approximate surface area is 177 Å². The van der Waals surface area contributed by atoms with Crippen LogP contribution in [0, 0.1) is 11.8 Å². The van der Waals surface area contributed by atoms with E-state index < -0.39 is 23.6 Å². The van der Waals surface area contributed by atoms with Crippen molar-refractivity contribution in [2.45, 2.75) is 18.5 Å². The molecule has 1 unspecified atom stereocenters. The second kappa shape index (κ2) is 7.72. The Kier molecular flexibility index (Phi) is 5.18. The van der Waals surface area contributed by atoms with Gasteiger partial charge in [-0.2, -0.15) is 31.4 Å². The Morgan fingerprint density at radius 2 is 1.72 bits per heavy atom. The number of benzene rings is 1. The van der Waals surface area contributed by atoms with Crippen LogP contribution in [0.4, 0.5) is 26.3 Å². The van der Waals surface area contributed by atoms with E-state index in [2.05, 4.69) is 27.2 Å². The molecule has 0 bridgehead atoms. The van der Waals surface area contributed by atoms with Gasteiger partial charge in [0.15, 0.2) is 11.3 Å². The summed E-state index contributed by atoms with van der Waals surface area (Å²) in [6.07, 6.45) is -3.70. The lowest BCUT2D eigenvalue weighted by atomic mass is 10.1. The first-order valence-corrected chi connectivity index (χ1v) is 9.08. The molecule has 1 aliphatic heterocycles. The maximum absolute atomic E-state index is 13.6. The SMILES string of the molecule is NC1C=CC(C#Cc2cnn3c(C(F)(F)F)cc(-c4ccc(C(F)(F)F)cc4)nc23)=CN1. The van der Waals surface area contributed by atoms with Crippen molar-refractivity contribution in [3.63, 3.8) is 0 Å². The van der Waals surface area contributed by atoms with Crippen LogP contribution in [0.3, 0.4) is 0 Å². The predicted molar refractivity (Wildman–Crippen MR) is 104 cm³/mol. The van der Waals surface area contributed by atoms with Crippen molar-refractivity contribution in [3.8, 4) is 23.1 Å². The summed E-state index contributed by atoms with van der Waals surface area (Å²) in [6, 6.07) is 4.43. The molecule has 3 aromatic rings. The van der Waals surface area contributed by atoms with Gasteiger partial charge in [-0.05, 0) is 30.4 Å². The molecule has 32 heavy (non-hydrogen) atoms. The molecule has 0 spiro atoms. The molecular formula is C21H13F6N5. The molecule has 0 amide bonds. The van der Waals surface area contributed by atoms with Gasteiger partial charge in [-0.25, -0.2) is 9.50 Å². The number of hydrogen-bond acceptors (Lipinski definition) is 4. The molecule has 1 aliphatic rings. The molecule has 0 saturated heterocycles. The maximum Gasteiger partial charge on any atom is 0.433 e. The Morgan fingerprint density at radius 3 is 2.31 bits per heavy atom. The number of rotatable bonds is 1. The van der Waals surface area contributed by atoms with Gasteiger partial charge >= 0.3 is 12.4 Å². The molecule has 0 saturated carbocycles. The number of allylic oxidation sites excluding steroid dienone is 2. The van der Waals surface area contributed by atoms with E-state index in [1.54, 1.807) is 18.4 Å². The highest BCUT2D eigenvalue weighted by molar-refractivity contribution is 5.67. The minimum atomic E-state index is -4.78. The zero-order chi connectivity index (χ0) is 23.1. The van der Waals surface area contributed by atoms with Crippen molar-refractivity contribution < 1.29 is 26.3 Å². The molecule has 0 fully saturated rings. The summed E-state index contributed by atoms with van der Waals surface area (Å²) in [5.74, 6) is 5.51. The van der Waals surface area contributed by atoms with Crippen LogP contribution in [0.25, 0.3) is 16.9 Å². The maximum atomic E-state index is 13.6. The lowest BCUT2D eigenvalue weighted by Crippen LogP contribution is -2.33. The summed E-state index contributed by atoms with van der Waals surface area (Å²) < 4.78 is 80.0. The fourth-order valence-electron chi connectivity index (χ4n) is 2.95. The number of aromatic nitrogens is 3. The molecule has 1 aromatic carbocycles. The van der Waals surface area contributed by atoms with Gasteiger partial charge in [0.1, 0.15) is 0 Å². The third-order valence-corrected chi connectivity index (χ3v) is 4.53. The van der Waals surface area contributed by atoms with Gasteiger partial charge < -0.3 is 11.1 Å². The third-order valence-electron chi connectivity index (χ3n) is 4.53. The fraction of sp³-hybridized carbons (Fsp3) is 0.143. The normalized spacial score (nSPS) is 16.3. The van der Waals surface area contributed by atoms with E-state index in [0.29, 0.717) is 10.1 Å². The van der Waals surface area contributed by atoms with E-state index in [0.717, 1.165) is 36.5 Å². The van der Waals surface area contributed by atoms with E-state index >= 15 is 0 Å². The van der Waals surface area contributed by atoms with Crippen LogP contribution in [-0.4, -0.2) is 20.8 Å². The summed E-state index contributed by atoms with van der Waals surface area (Å²) in [5.41, 5.74) is 4.00. The largest absolute Gasteiger partial charge is 0.433 e. The first-order valence-electron chi connectivity index (χ1n) is 9.08. The molecule has 1 atom stereocenters. The van der Waals surface area contributed by atoms with Crippen molar-refractivity contribution in [2.24, 2.45) is 5.73 Å².